The lowest BCUT2D eigenvalue weighted by Gasteiger charge is -2.12. The fraction of sp³-hybridized carbons (Fsp3) is 0.615. The maximum Gasteiger partial charge on any atom is 0.407 e. The minimum absolute atomic E-state index is 0.324. The first kappa shape index (κ1) is 12.8. The van der Waals surface area contributed by atoms with Gasteiger partial charge >= 0.3 is 6.09 Å². The van der Waals surface area contributed by atoms with Crippen molar-refractivity contribution in [2.24, 2.45) is 5.92 Å². The van der Waals surface area contributed by atoms with Crippen LogP contribution < -0.4 is 5.32 Å². The highest BCUT2D eigenvalue weighted by molar-refractivity contribution is 5.67. The number of carbonyl (C=O) groups is 1. The van der Waals surface area contributed by atoms with Gasteiger partial charge in [-0.25, -0.2) is 4.79 Å². The molecule has 0 aromatic carbocycles. The Morgan fingerprint density at radius 3 is 3.12 bits per heavy atom. The zero-order chi connectivity index (χ0) is 11.6. The number of rotatable bonds is 5. The number of hydrogen-bond donors (Lipinski definition) is 1. The number of nitrogens with one attached hydrogen (secondary N) is 1. The average Bonchev–Trinajstić information content (AvgIpc) is 2.33. The van der Waals surface area contributed by atoms with Gasteiger partial charge in [-0.15, -0.1) is 0 Å². The number of hydrogen-bond acceptors (Lipinski definition) is 2. The number of allylic oxidation sites excluding steroid dienone is 3. The van der Waals surface area contributed by atoms with Crippen molar-refractivity contribution in [1.29, 1.82) is 0 Å². The summed E-state index contributed by atoms with van der Waals surface area (Å²) in [7, 11) is 0. The summed E-state index contributed by atoms with van der Waals surface area (Å²) in [5.74, 6) is 0.637. The maximum absolute atomic E-state index is 11.1. The van der Waals surface area contributed by atoms with Crippen LogP contribution in [-0.4, -0.2) is 19.2 Å². The Labute approximate surface area is 97.6 Å². The predicted molar refractivity (Wildman–Crippen MR) is 65.3 cm³/mol. The quantitative estimate of drug-likeness (QED) is 0.727. The van der Waals surface area contributed by atoms with Gasteiger partial charge in [0.15, 0.2) is 0 Å². The topological polar surface area (TPSA) is 38.3 Å². The van der Waals surface area contributed by atoms with Crippen molar-refractivity contribution in [2.45, 2.75) is 32.6 Å². The predicted octanol–water partition coefficient (Wildman–Crippen LogP) is 3.04. The third-order valence-corrected chi connectivity index (χ3v) is 2.52. The second kappa shape index (κ2) is 7.97. The van der Waals surface area contributed by atoms with Crippen LogP contribution in [0.3, 0.4) is 0 Å². The number of alkyl carbamates (subject to hydrolysis) is 1. The lowest BCUT2D eigenvalue weighted by molar-refractivity contribution is 0.147. The molecule has 0 radical (unpaired) electrons. The number of amides is 1. The first-order chi connectivity index (χ1) is 7.83. The normalized spacial score (nSPS) is 19.9. The van der Waals surface area contributed by atoms with E-state index in [1.165, 1.54) is 12.8 Å². The van der Waals surface area contributed by atoms with Crippen LogP contribution in [0.25, 0.3) is 0 Å². The molecule has 0 saturated carbocycles. The zero-order valence-electron chi connectivity index (χ0n) is 9.95. The number of carbonyl (C=O) groups excluding carboxylic acids is 1. The van der Waals surface area contributed by atoms with Crippen LogP contribution in [-0.2, 0) is 4.74 Å². The maximum atomic E-state index is 11.1. The molecule has 0 aromatic heterocycles. The molecule has 1 aliphatic carbocycles. The van der Waals surface area contributed by atoms with Gasteiger partial charge in [0.2, 0.25) is 0 Å². The molecule has 0 saturated heterocycles. The molecule has 3 nitrogen and oxygen atoms in total. The molecule has 0 aliphatic heterocycles. The van der Waals surface area contributed by atoms with Crippen molar-refractivity contribution in [3.8, 4) is 0 Å². The zero-order valence-corrected chi connectivity index (χ0v) is 9.95. The van der Waals surface area contributed by atoms with E-state index in [-0.39, 0.29) is 6.09 Å². The van der Waals surface area contributed by atoms with E-state index < -0.39 is 0 Å². The Balaban J connectivity index is 2.07. The Morgan fingerprint density at radius 1 is 1.56 bits per heavy atom. The van der Waals surface area contributed by atoms with Gasteiger partial charge in [0.25, 0.3) is 0 Å². The molecule has 1 atom stereocenters. The lowest BCUT2D eigenvalue weighted by Crippen LogP contribution is -2.24. The summed E-state index contributed by atoms with van der Waals surface area (Å²) in [5.41, 5.74) is 0. The third kappa shape index (κ3) is 5.59. The number of ether oxygens (including phenoxy) is 1. The summed E-state index contributed by atoms with van der Waals surface area (Å²) >= 11 is 0. The molecule has 1 aliphatic rings. The highest BCUT2D eigenvalue weighted by atomic mass is 16.5. The van der Waals surface area contributed by atoms with Gasteiger partial charge in [-0.3, -0.25) is 0 Å². The summed E-state index contributed by atoms with van der Waals surface area (Å²) in [4.78, 5) is 11.1. The second-order valence-electron chi connectivity index (χ2n) is 3.99. The summed E-state index contributed by atoms with van der Waals surface area (Å²) in [6, 6.07) is 0. The van der Waals surface area contributed by atoms with Crippen molar-refractivity contribution >= 4 is 6.09 Å². The summed E-state index contributed by atoms with van der Waals surface area (Å²) < 4.78 is 4.89. The Hall–Kier alpha value is -1.25. The molecule has 1 unspecified atom stereocenters. The smallest absolute Gasteiger partial charge is 0.407 e. The van der Waals surface area contributed by atoms with Gasteiger partial charge < -0.3 is 10.1 Å². The molecule has 0 heterocycles. The van der Waals surface area contributed by atoms with E-state index in [4.69, 9.17) is 4.74 Å². The molecule has 3 heteroatoms. The van der Waals surface area contributed by atoms with Crippen molar-refractivity contribution in [1.82, 2.24) is 5.32 Å². The fourth-order valence-corrected chi connectivity index (χ4v) is 1.64. The average molecular weight is 223 g/mol. The fourth-order valence-electron chi connectivity index (χ4n) is 1.64. The van der Waals surface area contributed by atoms with Gasteiger partial charge in [0.05, 0.1) is 6.61 Å². The van der Waals surface area contributed by atoms with E-state index in [1.807, 2.05) is 13.0 Å². The molecule has 1 amide bonds. The monoisotopic (exact) mass is 223 g/mol. The van der Waals surface area contributed by atoms with Crippen LogP contribution in [0, 0.1) is 5.92 Å². The van der Waals surface area contributed by atoms with Crippen LogP contribution in [0.1, 0.15) is 32.6 Å². The summed E-state index contributed by atoms with van der Waals surface area (Å²) in [6.07, 6.45) is 12.7. The van der Waals surface area contributed by atoms with Gasteiger partial charge in [0, 0.05) is 6.54 Å². The molecule has 0 aromatic rings. The minimum Gasteiger partial charge on any atom is -0.450 e. The van der Waals surface area contributed by atoms with E-state index >= 15 is 0 Å². The molecule has 90 valence electrons. The SMILES string of the molecule is CCCOC(=O)NC/C=C/C1CC=CCC1. The van der Waals surface area contributed by atoms with E-state index in [9.17, 15) is 4.79 Å². The van der Waals surface area contributed by atoms with Crippen LogP contribution in [0.5, 0.6) is 0 Å². The van der Waals surface area contributed by atoms with Gasteiger partial charge in [0.1, 0.15) is 0 Å². The molecular weight excluding hydrogens is 202 g/mol. The Kier molecular flexibility index (Phi) is 6.38. The molecule has 0 spiro atoms. The largest absolute Gasteiger partial charge is 0.450 e. The van der Waals surface area contributed by atoms with E-state index in [1.54, 1.807) is 0 Å². The van der Waals surface area contributed by atoms with E-state index in [2.05, 4.69) is 23.5 Å². The Bertz CT molecular complexity index is 259. The Morgan fingerprint density at radius 2 is 2.44 bits per heavy atom. The third-order valence-electron chi connectivity index (χ3n) is 2.52. The minimum atomic E-state index is -0.324. The van der Waals surface area contributed by atoms with Crippen LogP contribution in [0.2, 0.25) is 0 Å². The van der Waals surface area contributed by atoms with E-state index in [0.29, 0.717) is 19.1 Å². The van der Waals surface area contributed by atoms with Crippen LogP contribution in [0.15, 0.2) is 24.3 Å². The molecule has 1 rings (SSSR count). The molecular formula is C13H21NO2. The standard InChI is InChI=1S/C13H21NO2/c1-2-11-16-13(15)14-10-6-9-12-7-4-3-5-8-12/h3-4,6,9,12H,2,5,7-8,10-11H2,1H3,(H,14,15)/b9-6+. The lowest BCUT2D eigenvalue weighted by atomic mass is 9.94. The van der Waals surface area contributed by atoms with Crippen LogP contribution >= 0.6 is 0 Å². The highest BCUT2D eigenvalue weighted by Gasteiger charge is 2.05. The molecule has 16 heavy (non-hydrogen) atoms. The van der Waals surface area contributed by atoms with Gasteiger partial charge in [-0.2, -0.15) is 0 Å². The van der Waals surface area contributed by atoms with Gasteiger partial charge in [-0.1, -0.05) is 31.2 Å². The van der Waals surface area contributed by atoms with E-state index in [0.717, 1.165) is 12.8 Å². The summed E-state index contributed by atoms with van der Waals surface area (Å²) in [5, 5.41) is 2.69. The van der Waals surface area contributed by atoms with Crippen molar-refractivity contribution in [3.63, 3.8) is 0 Å². The molecule has 0 fully saturated rings. The molecule has 1 N–H and O–H groups in total. The first-order valence-electron chi connectivity index (χ1n) is 6.05. The van der Waals surface area contributed by atoms with Crippen molar-refractivity contribution in [2.75, 3.05) is 13.2 Å². The molecule has 0 bridgehead atoms. The van der Waals surface area contributed by atoms with Crippen molar-refractivity contribution in [3.05, 3.63) is 24.3 Å². The highest BCUT2D eigenvalue weighted by Crippen LogP contribution is 2.18. The van der Waals surface area contributed by atoms with Gasteiger partial charge in [-0.05, 0) is 31.6 Å². The second-order valence-corrected chi connectivity index (χ2v) is 3.99. The van der Waals surface area contributed by atoms with Crippen LogP contribution in [0.4, 0.5) is 4.79 Å². The summed E-state index contributed by atoms with van der Waals surface area (Å²) in [6.45, 7) is 3.02. The van der Waals surface area contributed by atoms with Crippen molar-refractivity contribution < 1.29 is 9.53 Å². The first-order valence-corrected chi connectivity index (χ1v) is 6.05.